The number of sulfonamides is 1. The second-order valence-electron chi connectivity index (χ2n) is 3.34. The van der Waals surface area contributed by atoms with E-state index in [2.05, 4.69) is 25.3 Å². The minimum Gasteiger partial charge on any atom is -0.210 e. The zero-order valence-electron chi connectivity index (χ0n) is 9.04. The SMILES string of the molecule is Cc1ccc(S(=O)(=O)NCCc2nn[nH]n2)s1. The summed E-state index contributed by atoms with van der Waals surface area (Å²) < 4.78 is 26.4. The van der Waals surface area contributed by atoms with Gasteiger partial charge in [-0.3, -0.25) is 0 Å². The molecule has 0 aliphatic carbocycles. The molecule has 0 aliphatic rings. The fourth-order valence-corrected chi connectivity index (χ4v) is 3.57. The van der Waals surface area contributed by atoms with Crippen molar-refractivity contribution in [2.75, 3.05) is 6.54 Å². The molecular weight excluding hydrogens is 262 g/mol. The quantitative estimate of drug-likeness (QED) is 0.804. The van der Waals surface area contributed by atoms with Gasteiger partial charge in [0.1, 0.15) is 4.21 Å². The van der Waals surface area contributed by atoms with E-state index in [4.69, 9.17) is 0 Å². The van der Waals surface area contributed by atoms with Crippen molar-refractivity contribution in [2.45, 2.75) is 17.6 Å². The van der Waals surface area contributed by atoms with Crippen molar-refractivity contribution >= 4 is 21.4 Å². The maximum atomic E-state index is 11.8. The van der Waals surface area contributed by atoms with Gasteiger partial charge in [0.15, 0.2) is 5.82 Å². The lowest BCUT2D eigenvalue weighted by Gasteiger charge is -2.02. The third-order valence-corrected chi connectivity index (χ3v) is 4.96. The van der Waals surface area contributed by atoms with Crippen LogP contribution >= 0.6 is 11.3 Å². The summed E-state index contributed by atoms with van der Waals surface area (Å²) in [5.74, 6) is 0.482. The number of H-pyrrole nitrogens is 1. The monoisotopic (exact) mass is 273 g/mol. The van der Waals surface area contributed by atoms with E-state index < -0.39 is 10.0 Å². The van der Waals surface area contributed by atoms with Crippen molar-refractivity contribution in [1.29, 1.82) is 0 Å². The number of thiophene rings is 1. The van der Waals surface area contributed by atoms with Gasteiger partial charge < -0.3 is 0 Å². The standard InChI is InChI=1S/C8H11N5O2S2/c1-6-2-3-8(16-6)17(14,15)9-5-4-7-10-12-13-11-7/h2-3,9H,4-5H2,1H3,(H,10,11,12,13). The number of aromatic amines is 1. The lowest BCUT2D eigenvalue weighted by atomic mass is 10.4. The smallest absolute Gasteiger partial charge is 0.210 e. The molecule has 2 N–H and O–H groups in total. The first-order valence-corrected chi connectivity index (χ1v) is 7.16. The molecule has 0 radical (unpaired) electrons. The Labute approximate surface area is 102 Å². The minimum absolute atomic E-state index is 0.249. The molecule has 0 atom stereocenters. The summed E-state index contributed by atoms with van der Waals surface area (Å²) in [6.07, 6.45) is 0.403. The van der Waals surface area contributed by atoms with E-state index in [9.17, 15) is 8.42 Å². The molecular formula is C8H11N5O2S2. The average Bonchev–Trinajstić information content (AvgIpc) is 2.89. The van der Waals surface area contributed by atoms with Crippen molar-refractivity contribution in [3.8, 4) is 0 Å². The molecule has 92 valence electrons. The maximum Gasteiger partial charge on any atom is 0.250 e. The fraction of sp³-hybridized carbons (Fsp3) is 0.375. The molecule has 0 fully saturated rings. The van der Waals surface area contributed by atoms with Crippen LogP contribution in [0.2, 0.25) is 0 Å². The van der Waals surface area contributed by atoms with Gasteiger partial charge in [-0.15, -0.1) is 21.5 Å². The molecule has 0 aromatic carbocycles. The summed E-state index contributed by atoms with van der Waals surface area (Å²) in [6, 6.07) is 3.37. The number of hydrogen-bond donors (Lipinski definition) is 2. The molecule has 0 aliphatic heterocycles. The van der Waals surface area contributed by atoms with Crippen molar-refractivity contribution in [3.05, 3.63) is 22.8 Å². The Morgan fingerprint density at radius 3 is 2.88 bits per heavy atom. The van der Waals surface area contributed by atoms with Gasteiger partial charge in [-0.05, 0) is 19.1 Å². The molecule has 9 heteroatoms. The lowest BCUT2D eigenvalue weighted by molar-refractivity contribution is 0.583. The first-order valence-electron chi connectivity index (χ1n) is 4.86. The summed E-state index contributed by atoms with van der Waals surface area (Å²) >= 11 is 1.24. The third-order valence-electron chi connectivity index (χ3n) is 2.01. The van der Waals surface area contributed by atoms with E-state index in [0.717, 1.165) is 4.88 Å². The van der Waals surface area contributed by atoms with Crippen LogP contribution in [0.4, 0.5) is 0 Å². The number of nitrogens with zero attached hydrogens (tertiary/aromatic N) is 3. The van der Waals surface area contributed by atoms with Crippen LogP contribution < -0.4 is 4.72 Å². The van der Waals surface area contributed by atoms with Gasteiger partial charge in [0.2, 0.25) is 10.0 Å². The lowest BCUT2D eigenvalue weighted by Crippen LogP contribution is -2.25. The average molecular weight is 273 g/mol. The topological polar surface area (TPSA) is 101 Å². The van der Waals surface area contributed by atoms with Gasteiger partial charge in [-0.25, -0.2) is 13.1 Å². The number of nitrogens with one attached hydrogen (secondary N) is 2. The molecule has 0 saturated carbocycles. The van der Waals surface area contributed by atoms with Crippen molar-refractivity contribution < 1.29 is 8.42 Å². The number of aryl methyl sites for hydroxylation is 1. The highest BCUT2D eigenvalue weighted by Gasteiger charge is 2.15. The molecule has 7 nitrogen and oxygen atoms in total. The van der Waals surface area contributed by atoms with Gasteiger partial charge in [0, 0.05) is 17.8 Å². The number of rotatable bonds is 5. The molecule has 2 rings (SSSR count). The van der Waals surface area contributed by atoms with Crippen LogP contribution in [0.5, 0.6) is 0 Å². The zero-order chi connectivity index (χ0) is 12.3. The Balaban J connectivity index is 1.94. The Kier molecular flexibility index (Phi) is 3.50. The Morgan fingerprint density at radius 1 is 1.47 bits per heavy atom. The van der Waals surface area contributed by atoms with Gasteiger partial charge in [-0.1, -0.05) is 5.21 Å². The van der Waals surface area contributed by atoms with Gasteiger partial charge >= 0.3 is 0 Å². The highest BCUT2D eigenvalue weighted by molar-refractivity contribution is 7.91. The van der Waals surface area contributed by atoms with Crippen LogP contribution in [0.1, 0.15) is 10.7 Å². The van der Waals surface area contributed by atoms with Crippen LogP contribution in [0.3, 0.4) is 0 Å². The molecule has 2 aromatic heterocycles. The Hall–Kier alpha value is -1.32. The number of tetrazole rings is 1. The molecule has 2 heterocycles. The van der Waals surface area contributed by atoms with E-state index in [1.165, 1.54) is 11.3 Å². The van der Waals surface area contributed by atoms with Crippen molar-refractivity contribution in [1.82, 2.24) is 25.3 Å². The summed E-state index contributed by atoms with van der Waals surface area (Å²) in [4.78, 5) is 0.962. The number of aromatic nitrogens is 4. The van der Waals surface area contributed by atoms with Crippen molar-refractivity contribution in [3.63, 3.8) is 0 Å². The highest BCUT2D eigenvalue weighted by atomic mass is 32.2. The third kappa shape index (κ3) is 3.08. The molecule has 0 unspecified atom stereocenters. The van der Waals surface area contributed by atoms with E-state index in [1.807, 2.05) is 6.92 Å². The molecule has 0 bridgehead atoms. The predicted molar refractivity (Wildman–Crippen MR) is 62.1 cm³/mol. The minimum atomic E-state index is -3.41. The molecule has 2 aromatic rings. The van der Waals surface area contributed by atoms with Crippen LogP contribution in [0.15, 0.2) is 16.3 Å². The van der Waals surface area contributed by atoms with E-state index in [1.54, 1.807) is 12.1 Å². The van der Waals surface area contributed by atoms with Crippen LogP contribution in [-0.2, 0) is 16.4 Å². The fourth-order valence-electron chi connectivity index (χ4n) is 1.21. The Bertz CT molecular complexity index is 575. The molecule has 0 spiro atoms. The number of hydrogen-bond acceptors (Lipinski definition) is 6. The summed E-state index contributed by atoms with van der Waals surface area (Å²) in [5.41, 5.74) is 0. The van der Waals surface area contributed by atoms with E-state index >= 15 is 0 Å². The van der Waals surface area contributed by atoms with Crippen LogP contribution in [-0.4, -0.2) is 35.6 Å². The molecule has 0 amide bonds. The second kappa shape index (κ2) is 4.90. The first kappa shape index (κ1) is 12.1. The van der Waals surface area contributed by atoms with E-state index in [0.29, 0.717) is 16.5 Å². The van der Waals surface area contributed by atoms with Crippen LogP contribution in [0, 0.1) is 6.92 Å². The summed E-state index contributed by atoms with van der Waals surface area (Å²) in [5, 5.41) is 13.2. The first-order chi connectivity index (χ1) is 8.08. The molecule has 0 saturated heterocycles. The largest absolute Gasteiger partial charge is 0.250 e. The van der Waals surface area contributed by atoms with Gasteiger partial charge in [-0.2, -0.15) is 5.21 Å². The van der Waals surface area contributed by atoms with Crippen LogP contribution in [0.25, 0.3) is 0 Å². The van der Waals surface area contributed by atoms with E-state index in [-0.39, 0.29) is 6.54 Å². The Morgan fingerprint density at radius 2 is 2.29 bits per heavy atom. The maximum absolute atomic E-state index is 11.8. The second-order valence-corrected chi connectivity index (χ2v) is 6.62. The highest BCUT2D eigenvalue weighted by Crippen LogP contribution is 2.19. The summed E-state index contributed by atoms with van der Waals surface area (Å²) in [7, 11) is -3.41. The van der Waals surface area contributed by atoms with Gasteiger partial charge in [0.05, 0.1) is 0 Å². The van der Waals surface area contributed by atoms with Crippen molar-refractivity contribution in [2.24, 2.45) is 0 Å². The zero-order valence-corrected chi connectivity index (χ0v) is 10.7. The predicted octanol–water partition coefficient (Wildman–Crippen LogP) is 0.0906. The van der Waals surface area contributed by atoms with Gasteiger partial charge in [0.25, 0.3) is 0 Å². The normalized spacial score (nSPS) is 11.8. The summed E-state index contributed by atoms with van der Waals surface area (Å²) in [6.45, 7) is 2.11. The molecule has 17 heavy (non-hydrogen) atoms.